The summed E-state index contributed by atoms with van der Waals surface area (Å²) in [4.78, 5) is 3.97. The number of rotatable bonds is 9. The Bertz CT molecular complexity index is 383. The van der Waals surface area contributed by atoms with Crippen LogP contribution in [0, 0.1) is 11.6 Å². The Hall–Kier alpha value is -1.19. The largest absolute Gasteiger partial charge is 0.476 e. The van der Waals surface area contributed by atoms with Gasteiger partial charge >= 0.3 is 0 Å². The Morgan fingerprint density at radius 2 is 1.68 bits per heavy atom. The summed E-state index contributed by atoms with van der Waals surface area (Å²) in [5.41, 5.74) is 0.306. The molecule has 19 heavy (non-hydrogen) atoms. The van der Waals surface area contributed by atoms with Crippen molar-refractivity contribution < 1.29 is 13.5 Å². The Morgan fingerprint density at radius 3 is 2.37 bits per heavy atom. The van der Waals surface area contributed by atoms with Crippen LogP contribution in [0.25, 0.3) is 0 Å². The van der Waals surface area contributed by atoms with Gasteiger partial charge in [-0.05, 0) is 19.3 Å². The fourth-order valence-electron chi connectivity index (χ4n) is 1.83. The van der Waals surface area contributed by atoms with Gasteiger partial charge in [-0.25, -0.2) is 13.8 Å². The summed E-state index contributed by atoms with van der Waals surface area (Å²) in [7, 11) is 0. The standard InChI is InChI=1S/C15H23F2NO/c1-3-5-7-9-14-12(16)11-13(17)15(18-14)19-10-8-6-4-2/h11H,3-10H2,1-2H3. The first-order valence-corrected chi connectivity index (χ1v) is 7.16. The molecule has 1 rings (SSSR count). The van der Waals surface area contributed by atoms with Gasteiger partial charge in [0, 0.05) is 6.07 Å². The maximum Gasteiger partial charge on any atom is 0.250 e. The first-order valence-electron chi connectivity index (χ1n) is 7.16. The fraction of sp³-hybridized carbons (Fsp3) is 0.667. The highest BCUT2D eigenvalue weighted by atomic mass is 19.1. The van der Waals surface area contributed by atoms with E-state index in [1.807, 2.05) is 0 Å². The summed E-state index contributed by atoms with van der Waals surface area (Å²) < 4.78 is 32.3. The van der Waals surface area contributed by atoms with Gasteiger partial charge in [0.15, 0.2) is 5.82 Å². The third-order valence-electron chi connectivity index (χ3n) is 2.97. The predicted molar refractivity (Wildman–Crippen MR) is 72.4 cm³/mol. The van der Waals surface area contributed by atoms with E-state index in [0.29, 0.717) is 18.7 Å². The van der Waals surface area contributed by atoms with E-state index in [1.54, 1.807) is 0 Å². The van der Waals surface area contributed by atoms with Crippen molar-refractivity contribution in [1.29, 1.82) is 0 Å². The molecular formula is C15H23F2NO. The third kappa shape index (κ3) is 5.53. The van der Waals surface area contributed by atoms with Crippen LogP contribution in [0.3, 0.4) is 0 Å². The Balaban J connectivity index is 2.61. The lowest BCUT2D eigenvalue weighted by atomic mass is 10.1. The monoisotopic (exact) mass is 271 g/mol. The second-order valence-corrected chi connectivity index (χ2v) is 4.72. The van der Waals surface area contributed by atoms with Gasteiger partial charge < -0.3 is 4.74 Å². The molecule has 108 valence electrons. The molecule has 1 aromatic heterocycles. The number of aryl methyl sites for hydroxylation is 1. The second-order valence-electron chi connectivity index (χ2n) is 4.72. The van der Waals surface area contributed by atoms with Crippen LogP contribution in [0.2, 0.25) is 0 Å². The lowest BCUT2D eigenvalue weighted by molar-refractivity contribution is 0.276. The molecule has 0 aliphatic rings. The maximum atomic E-state index is 13.5. The molecule has 2 nitrogen and oxygen atoms in total. The third-order valence-corrected chi connectivity index (χ3v) is 2.97. The zero-order valence-electron chi connectivity index (χ0n) is 11.8. The summed E-state index contributed by atoms with van der Waals surface area (Å²) in [5.74, 6) is -1.35. The molecule has 0 aromatic carbocycles. The second kappa shape index (κ2) is 8.83. The van der Waals surface area contributed by atoms with E-state index in [-0.39, 0.29) is 5.88 Å². The minimum absolute atomic E-state index is 0.0657. The molecule has 1 aromatic rings. The number of halogens is 2. The first kappa shape index (κ1) is 15.9. The van der Waals surface area contributed by atoms with Crippen molar-refractivity contribution in [2.75, 3.05) is 6.61 Å². The molecule has 0 aliphatic heterocycles. The van der Waals surface area contributed by atoms with Crippen LogP contribution in [0.1, 0.15) is 58.1 Å². The van der Waals surface area contributed by atoms with Gasteiger partial charge in [-0.15, -0.1) is 0 Å². The van der Waals surface area contributed by atoms with E-state index in [4.69, 9.17) is 4.74 Å². The van der Waals surface area contributed by atoms with Crippen molar-refractivity contribution in [3.8, 4) is 5.88 Å². The highest BCUT2D eigenvalue weighted by Crippen LogP contribution is 2.19. The number of aromatic nitrogens is 1. The Kier molecular flexibility index (Phi) is 7.38. The van der Waals surface area contributed by atoms with Gasteiger partial charge in [-0.2, -0.15) is 0 Å². The van der Waals surface area contributed by atoms with Crippen LogP contribution in [0.4, 0.5) is 8.78 Å². The number of nitrogens with zero attached hydrogens (tertiary/aromatic N) is 1. The van der Waals surface area contributed by atoms with Crippen LogP contribution in [0.5, 0.6) is 5.88 Å². The van der Waals surface area contributed by atoms with Crippen molar-refractivity contribution in [1.82, 2.24) is 4.98 Å². The smallest absolute Gasteiger partial charge is 0.250 e. The van der Waals surface area contributed by atoms with E-state index in [2.05, 4.69) is 18.8 Å². The zero-order valence-corrected chi connectivity index (χ0v) is 11.8. The van der Waals surface area contributed by atoms with E-state index in [0.717, 1.165) is 44.6 Å². The number of hydrogen-bond acceptors (Lipinski definition) is 2. The number of hydrogen-bond donors (Lipinski definition) is 0. The molecule has 0 aliphatic carbocycles. The Labute approximate surface area is 114 Å². The quantitative estimate of drug-likeness (QED) is 0.609. The van der Waals surface area contributed by atoms with Crippen molar-refractivity contribution in [3.05, 3.63) is 23.4 Å². The molecule has 1 heterocycles. The molecule has 0 radical (unpaired) electrons. The van der Waals surface area contributed by atoms with Gasteiger partial charge in [0.25, 0.3) is 5.88 Å². The van der Waals surface area contributed by atoms with Crippen LogP contribution in [-0.2, 0) is 6.42 Å². The topological polar surface area (TPSA) is 22.1 Å². The van der Waals surface area contributed by atoms with Crippen LogP contribution in [0.15, 0.2) is 6.07 Å². The van der Waals surface area contributed by atoms with Crippen molar-refractivity contribution >= 4 is 0 Å². The molecular weight excluding hydrogens is 248 g/mol. The molecule has 0 spiro atoms. The highest BCUT2D eigenvalue weighted by molar-refractivity contribution is 5.20. The number of pyridine rings is 1. The Morgan fingerprint density at radius 1 is 1.00 bits per heavy atom. The molecule has 4 heteroatoms. The van der Waals surface area contributed by atoms with Crippen molar-refractivity contribution in [2.24, 2.45) is 0 Å². The predicted octanol–water partition coefficient (Wildman–Crippen LogP) is 4.66. The molecule has 0 amide bonds. The van der Waals surface area contributed by atoms with E-state index in [9.17, 15) is 8.78 Å². The average molecular weight is 271 g/mol. The van der Waals surface area contributed by atoms with Gasteiger partial charge in [-0.3, -0.25) is 0 Å². The van der Waals surface area contributed by atoms with Gasteiger partial charge in [-0.1, -0.05) is 39.5 Å². The number of unbranched alkanes of at least 4 members (excludes halogenated alkanes) is 4. The average Bonchev–Trinajstić information content (AvgIpc) is 2.39. The summed E-state index contributed by atoms with van der Waals surface area (Å²) in [6.45, 7) is 4.59. The van der Waals surface area contributed by atoms with Crippen LogP contribution >= 0.6 is 0 Å². The van der Waals surface area contributed by atoms with E-state index < -0.39 is 11.6 Å². The molecule has 0 atom stereocenters. The summed E-state index contributed by atoms with van der Waals surface area (Å²) in [6.07, 6.45) is 6.44. The molecule has 0 saturated heterocycles. The lowest BCUT2D eigenvalue weighted by Gasteiger charge is -2.09. The highest BCUT2D eigenvalue weighted by Gasteiger charge is 2.12. The van der Waals surface area contributed by atoms with Crippen molar-refractivity contribution in [2.45, 2.75) is 58.8 Å². The summed E-state index contributed by atoms with van der Waals surface area (Å²) >= 11 is 0. The molecule has 0 N–H and O–H groups in total. The number of ether oxygens (including phenoxy) is 1. The summed E-state index contributed by atoms with van der Waals surface area (Å²) in [6, 6.07) is 0.878. The minimum Gasteiger partial charge on any atom is -0.476 e. The first-order chi connectivity index (χ1) is 9.19. The van der Waals surface area contributed by atoms with Gasteiger partial charge in [0.2, 0.25) is 0 Å². The van der Waals surface area contributed by atoms with Crippen LogP contribution in [-0.4, -0.2) is 11.6 Å². The van der Waals surface area contributed by atoms with Gasteiger partial charge in [0.05, 0.1) is 12.3 Å². The summed E-state index contributed by atoms with van der Waals surface area (Å²) in [5, 5.41) is 0. The fourth-order valence-corrected chi connectivity index (χ4v) is 1.83. The normalized spacial score (nSPS) is 10.7. The zero-order chi connectivity index (χ0) is 14.1. The molecule has 0 fully saturated rings. The van der Waals surface area contributed by atoms with Crippen LogP contribution < -0.4 is 4.74 Å². The molecule has 0 bridgehead atoms. The van der Waals surface area contributed by atoms with E-state index in [1.165, 1.54) is 0 Å². The minimum atomic E-state index is -0.715. The molecule has 0 unspecified atom stereocenters. The van der Waals surface area contributed by atoms with Gasteiger partial charge in [0.1, 0.15) is 5.82 Å². The maximum absolute atomic E-state index is 13.5. The SMILES string of the molecule is CCCCCOc1nc(CCCCC)c(F)cc1F. The van der Waals surface area contributed by atoms with Crippen molar-refractivity contribution in [3.63, 3.8) is 0 Å². The lowest BCUT2D eigenvalue weighted by Crippen LogP contribution is -2.05. The molecule has 0 saturated carbocycles. The van der Waals surface area contributed by atoms with E-state index >= 15 is 0 Å².